The summed E-state index contributed by atoms with van der Waals surface area (Å²) in [5.41, 5.74) is 0.333. The summed E-state index contributed by atoms with van der Waals surface area (Å²) in [7, 11) is -5.78. The van der Waals surface area contributed by atoms with E-state index in [1.165, 1.54) is 0 Å². The fraction of sp³-hybridized carbons (Fsp3) is 1.00. The van der Waals surface area contributed by atoms with Gasteiger partial charge in [-0.3, -0.25) is 0 Å². The molecule has 0 aromatic heterocycles. The molecule has 3 atom stereocenters. The quantitative estimate of drug-likeness (QED) is 0.235. The van der Waals surface area contributed by atoms with Gasteiger partial charge in [-0.15, -0.1) is 0 Å². The van der Waals surface area contributed by atoms with Crippen LogP contribution in [0.1, 0.15) is 81.1 Å². The van der Waals surface area contributed by atoms with E-state index < -0.39 is 17.6 Å². The Morgan fingerprint density at radius 2 is 0.938 bits per heavy atom. The largest absolute Gasteiger partial charge is 0.504 e. The highest BCUT2D eigenvalue weighted by atomic mass is 28.4. The molecule has 0 aliphatic heterocycles. The Labute approximate surface area is 199 Å². The molecule has 32 heavy (non-hydrogen) atoms. The van der Waals surface area contributed by atoms with Crippen molar-refractivity contribution in [3.05, 3.63) is 0 Å². The number of ether oxygens (including phenoxy) is 1. The molecule has 1 rings (SSSR count). The van der Waals surface area contributed by atoms with E-state index in [1.54, 1.807) is 0 Å². The normalized spacial score (nSPS) is 23.4. The molecule has 192 valence electrons. The topological polar surface area (TPSA) is 64.6 Å². The summed E-state index contributed by atoms with van der Waals surface area (Å²) in [5.74, 6) is 0.356. The zero-order valence-electron chi connectivity index (χ0n) is 21.9. The molecule has 1 fully saturated rings. The highest BCUT2D eigenvalue weighted by molar-refractivity contribution is 6.64. The number of hydrogen-bond acceptors (Lipinski definition) is 7. The Hall–Kier alpha value is 0.154. The highest BCUT2D eigenvalue weighted by Gasteiger charge is 2.58. The lowest BCUT2D eigenvalue weighted by atomic mass is 9.89. The van der Waals surface area contributed by atoms with Crippen LogP contribution in [0.25, 0.3) is 0 Å². The van der Waals surface area contributed by atoms with E-state index in [2.05, 4.69) is 13.8 Å². The third-order valence-corrected chi connectivity index (χ3v) is 13.2. The van der Waals surface area contributed by atoms with Gasteiger partial charge >= 0.3 is 17.6 Å². The van der Waals surface area contributed by atoms with E-state index >= 15 is 0 Å². The number of hydrogen-bond donors (Lipinski definition) is 0. The summed E-state index contributed by atoms with van der Waals surface area (Å²) in [4.78, 5) is 0. The molecule has 0 radical (unpaired) electrons. The molecule has 1 aliphatic carbocycles. The third kappa shape index (κ3) is 8.43. The molecule has 9 heteroatoms. The van der Waals surface area contributed by atoms with Crippen LogP contribution in [0.3, 0.4) is 0 Å². The molecule has 0 spiro atoms. The zero-order valence-corrected chi connectivity index (χ0v) is 23.9. The molecule has 0 saturated heterocycles. The smallest absolute Gasteiger partial charge is 0.378 e. The second-order valence-electron chi connectivity index (χ2n) is 8.32. The van der Waals surface area contributed by atoms with Gasteiger partial charge in [0.25, 0.3) is 0 Å². The average Bonchev–Trinajstić information content (AvgIpc) is 2.78. The average molecular weight is 495 g/mol. The Morgan fingerprint density at radius 3 is 1.22 bits per heavy atom. The second kappa shape index (κ2) is 15.9. The minimum atomic E-state index is -2.89. The fourth-order valence-electron chi connectivity index (χ4n) is 4.73. The van der Waals surface area contributed by atoms with Crippen LogP contribution < -0.4 is 0 Å². The van der Waals surface area contributed by atoms with Crippen molar-refractivity contribution < 1.29 is 31.3 Å². The molecular weight excluding hydrogens is 444 g/mol. The summed E-state index contributed by atoms with van der Waals surface area (Å²) < 4.78 is 44.2. The van der Waals surface area contributed by atoms with Crippen LogP contribution in [0.15, 0.2) is 0 Å². The molecule has 0 bridgehead atoms. The van der Waals surface area contributed by atoms with Gasteiger partial charge in [0.1, 0.15) is 0 Å². The van der Waals surface area contributed by atoms with Crippen molar-refractivity contribution in [1.82, 2.24) is 0 Å². The van der Waals surface area contributed by atoms with E-state index in [-0.39, 0.29) is 17.2 Å². The van der Waals surface area contributed by atoms with Crippen LogP contribution in [-0.4, -0.2) is 70.0 Å². The van der Waals surface area contributed by atoms with Crippen molar-refractivity contribution in [1.29, 1.82) is 0 Å². The van der Waals surface area contributed by atoms with Gasteiger partial charge in [-0.05, 0) is 80.1 Å². The fourth-order valence-corrected chi connectivity index (χ4v) is 11.7. The van der Waals surface area contributed by atoms with E-state index in [0.29, 0.717) is 52.2 Å². The molecule has 3 unspecified atom stereocenters. The molecule has 0 heterocycles. The first-order valence-electron chi connectivity index (χ1n) is 12.9. The lowest BCUT2D eigenvalue weighted by Gasteiger charge is -2.45. The molecule has 0 N–H and O–H groups in total. The summed E-state index contributed by atoms with van der Waals surface area (Å²) in [6.45, 7) is 20.6. The van der Waals surface area contributed by atoms with Crippen LogP contribution in [-0.2, 0) is 31.3 Å². The predicted molar refractivity (Wildman–Crippen MR) is 132 cm³/mol. The SMILES string of the molecule is CCO[Si](OCC)(OCC)C1CC(COC(C)CC)CC([Si](OCC)(OCC)OCC)C1. The maximum absolute atomic E-state index is 6.33. The van der Waals surface area contributed by atoms with Gasteiger partial charge in [-0.2, -0.15) is 0 Å². The van der Waals surface area contributed by atoms with Crippen LogP contribution >= 0.6 is 0 Å². The van der Waals surface area contributed by atoms with Crippen molar-refractivity contribution in [3.8, 4) is 0 Å². The standard InChI is InChI=1S/C23H50O7Si2/c1-9-20(8)24-19-21-16-22(31(25-10-2,26-11-3)27-12-4)18-23(17-21)32(28-13-5,29-14-6)30-15-7/h20-23H,9-19H2,1-8H3. The molecule has 0 aromatic carbocycles. The number of rotatable bonds is 18. The van der Waals surface area contributed by atoms with Gasteiger partial charge in [0, 0.05) is 57.3 Å². The first-order valence-corrected chi connectivity index (χ1v) is 16.5. The van der Waals surface area contributed by atoms with Crippen LogP contribution in [0.2, 0.25) is 11.1 Å². The Morgan fingerprint density at radius 1 is 0.594 bits per heavy atom. The predicted octanol–water partition coefficient (Wildman–Crippen LogP) is 5.44. The van der Waals surface area contributed by atoms with E-state index in [4.69, 9.17) is 31.3 Å². The van der Waals surface area contributed by atoms with Crippen molar-refractivity contribution >= 4 is 17.6 Å². The van der Waals surface area contributed by atoms with E-state index in [0.717, 1.165) is 25.7 Å². The monoisotopic (exact) mass is 494 g/mol. The minimum absolute atomic E-state index is 0.167. The van der Waals surface area contributed by atoms with Crippen molar-refractivity contribution in [3.63, 3.8) is 0 Å². The summed E-state index contributed by atoms with van der Waals surface area (Å²) >= 11 is 0. The van der Waals surface area contributed by atoms with Gasteiger partial charge in [0.05, 0.1) is 6.10 Å². The van der Waals surface area contributed by atoms with Crippen molar-refractivity contribution in [2.24, 2.45) is 5.92 Å². The zero-order chi connectivity index (χ0) is 24.0. The van der Waals surface area contributed by atoms with E-state index in [9.17, 15) is 0 Å². The molecule has 7 nitrogen and oxygen atoms in total. The summed E-state index contributed by atoms with van der Waals surface area (Å²) in [6.07, 6.45) is 4.06. The molecule has 1 saturated carbocycles. The lowest BCUT2D eigenvalue weighted by molar-refractivity contribution is 0.00654. The second-order valence-corrected chi connectivity index (χ2v) is 14.1. The van der Waals surface area contributed by atoms with Gasteiger partial charge in [-0.1, -0.05) is 6.92 Å². The third-order valence-electron chi connectivity index (χ3n) is 6.07. The summed E-state index contributed by atoms with van der Waals surface area (Å²) in [6, 6.07) is 0. The maximum Gasteiger partial charge on any atom is 0.504 e. The molecular formula is C23H50O7Si2. The van der Waals surface area contributed by atoms with Crippen molar-refractivity contribution in [2.45, 2.75) is 98.3 Å². The molecule has 0 aromatic rings. The van der Waals surface area contributed by atoms with Crippen LogP contribution in [0, 0.1) is 5.92 Å². The van der Waals surface area contributed by atoms with Gasteiger partial charge < -0.3 is 31.3 Å². The highest BCUT2D eigenvalue weighted by Crippen LogP contribution is 2.50. The lowest BCUT2D eigenvalue weighted by Crippen LogP contribution is -2.57. The Kier molecular flexibility index (Phi) is 15.0. The molecule has 1 aliphatic rings. The Bertz CT molecular complexity index is 415. The van der Waals surface area contributed by atoms with Gasteiger partial charge in [0.2, 0.25) is 0 Å². The van der Waals surface area contributed by atoms with Gasteiger partial charge in [-0.25, -0.2) is 0 Å². The Balaban J connectivity index is 3.33. The van der Waals surface area contributed by atoms with Crippen LogP contribution in [0.4, 0.5) is 0 Å². The van der Waals surface area contributed by atoms with Crippen molar-refractivity contribution in [2.75, 3.05) is 46.2 Å². The van der Waals surface area contributed by atoms with Gasteiger partial charge in [0.15, 0.2) is 0 Å². The maximum atomic E-state index is 6.33. The first kappa shape index (κ1) is 30.2. The summed E-state index contributed by atoms with van der Waals surface area (Å²) in [5, 5.41) is 0. The molecule has 0 amide bonds. The van der Waals surface area contributed by atoms with E-state index in [1.807, 2.05) is 41.5 Å². The minimum Gasteiger partial charge on any atom is -0.378 e. The first-order chi connectivity index (χ1) is 15.4. The van der Waals surface area contributed by atoms with Crippen LogP contribution in [0.5, 0.6) is 0 Å².